The fourth-order valence-electron chi connectivity index (χ4n) is 2.73. The molecule has 106 valence electrons. The van der Waals surface area contributed by atoms with Crippen molar-refractivity contribution in [3.63, 3.8) is 0 Å². The Hall–Kier alpha value is -2.06. The van der Waals surface area contributed by atoms with Gasteiger partial charge in [-0.2, -0.15) is 5.21 Å². The number of aromatic nitrogens is 4. The molecule has 0 saturated carbocycles. The van der Waals surface area contributed by atoms with E-state index in [9.17, 15) is 4.79 Å². The maximum Gasteiger partial charge on any atom is 0.258 e. The molecular formula is C13H11N5OS2. The second kappa shape index (κ2) is 4.74. The van der Waals surface area contributed by atoms with Crippen LogP contribution in [0.3, 0.4) is 0 Å². The maximum atomic E-state index is 11.5. The Labute approximate surface area is 128 Å². The summed E-state index contributed by atoms with van der Waals surface area (Å²) >= 11 is 3.14. The number of tetrazole rings is 1. The summed E-state index contributed by atoms with van der Waals surface area (Å²) in [5.74, 6) is 0.195. The molecule has 0 spiro atoms. The molecule has 0 saturated heterocycles. The molecule has 1 amide bonds. The number of amides is 1. The van der Waals surface area contributed by atoms with E-state index in [-0.39, 0.29) is 11.8 Å². The van der Waals surface area contributed by atoms with Crippen LogP contribution in [-0.4, -0.2) is 26.5 Å². The Kier molecular flexibility index (Phi) is 2.86. The van der Waals surface area contributed by atoms with E-state index < -0.39 is 0 Å². The van der Waals surface area contributed by atoms with Crippen LogP contribution in [0, 0.1) is 0 Å². The van der Waals surface area contributed by atoms with E-state index in [1.165, 1.54) is 21.8 Å². The van der Waals surface area contributed by atoms with Crippen molar-refractivity contribution in [2.75, 3.05) is 0 Å². The van der Waals surface area contributed by atoms with Crippen molar-refractivity contribution in [2.45, 2.75) is 18.8 Å². The van der Waals surface area contributed by atoms with Gasteiger partial charge in [0.05, 0.1) is 10.8 Å². The minimum atomic E-state index is -0.383. The number of carbonyl (C=O) groups excluding carboxylic acids is 1. The zero-order valence-electron chi connectivity index (χ0n) is 10.9. The lowest BCUT2D eigenvalue weighted by Gasteiger charge is -2.10. The topological polar surface area (TPSA) is 97.5 Å². The highest BCUT2D eigenvalue weighted by molar-refractivity contribution is 7.15. The van der Waals surface area contributed by atoms with Crippen molar-refractivity contribution >= 4 is 28.6 Å². The molecule has 21 heavy (non-hydrogen) atoms. The number of aryl methyl sites for hydroxylation is 2. The molecule has 0 bridgehead atoms. The lowest BCUT2D eigenvalue weighted by atomic mass is 10.0. The summed E-state index contributed by atoms with van der Waals surface area (Å²) in [6.07, 6.45) is 1.85. The third-order valence-electron chi connectivity index (χ3n) is 3.67. The molecule has 1 aliphatic carbocycles. The van der Waals surface area contributed by atoms with Crippen LogP contribution in [0.25, 0.3) is 0 Å². The summed E-state index contributed by atoms with van der Waals surface area (Å²) in [4.78, 5) is 14.4. The molecule has 0 radical (unpaired) electrons. The summed E-state index contributed by atoms with van der Waals surface area (Å²) in [5, 5.41) is 16.6. The minimum Gasteiger partial charge on any atom is -0.365 e. The number of H-pyrrole nitrogens is 1. The van der Waals surface area contributed by atoms with Gasteiger partial charge in [-0.05, 0) is 41.5 Å². The first-order chi connectivity index (χ1) is 10.2. The Morgan fingerprint density at radius 2 is 2.19 bits per heavy atom. The fourth-order valence-corrected chi connectivity index (χ4v) is 5.03. The standard InChI is InChI=1S/C13H11N5OS2/c14-12(19)8-5-7-2-1-6-3-4-20-10(6)9(11(7)21-8)13-15-17-18-16-13/h3-5,9H,1-2H2,(H2,14,19)(H,15,16,17,18). The van der Waals surface area contributed by atoms with Gasteiger partial charge in [0.1, 0.15) is 0 Å². The summed E-state index contributed by atoms with van der Waals surface area (Å²) in [7, 11) is 0. The van der Waals surface area contributed by atoms with Gasteiger partial charge in [-0.1, -0.05) is 5.21 Å². The average Bonchev–Trinajstić information content (AvgIpc) is 3.18. The number of hydrogen-bond donors (Lipinski definition) is 2. The normalized spacial score (nSPS) is 17.0. The van der Waals surface area contributed by atoms with E-state index in [1.54, 1.807) is 11.3 Å². The number of primary amides is 1. The predicted octanol–water partition coefficient (Wildman–Crippen LogP) is 1.70. The number of carbonyl (C=O) groups is 1. The third kappa shape index (κ3) is 1.98. The first kappa shape index (κ1) is 12.7. The van der Waals surface area contributed by atoms with Crippen LogP contribution in [0.1, 0.15) is 42.3 Å². The molecule has 3 heterocycles. The van der Waals surface area contributed by atoms with Gasteiger partial charge in [-0.3, -0.25) is 4.79 Å². The number of hydrogen-bond acceptors (Lipinski definition) is 6. The summed E-state index contributed by atoms with van der Waals surface area (Å²) in [5.41, 5.74) is 7.91. The number of nitrogens with one attached hydrogen (secondary N) is 1. The van der Waals surface area contributed by atoms with Crippen molar-refractivity contribution in [2.24, 2.45) is 5.73 Å². The van der Waals surface area contributed by atoms with Gasteiger partial charge in [-0.15, -0.1) is 32.9 Å². The highest BCUT2D eigenvalue weighted by Gasteiger charge is 2.31. The molecule has 8 heteroatoms. The van der Waals surface area contributed by atoms with Crippen molar-refractivity contribution in [1.29, 1.82) is 0 Å². The summed E-state index contributed by atoms with van der Waals surface area (Å²) < 4.78 is 0. The first-order valence-corrected chi connectivity index (χ1v) is 8.15. The lowest BCUT2D eigenvalue weighted by molar-refractivity contribution is 0.100. The number of nitrogens with two attached hydrogens (primary N) is 1. The number of fused-ring (bicyclic) bond motifs is 2. The van der Waals surface area contributed by atoms with E-state index in [1.807, 2.05) is 6.07 Å². The lowest BCUT2D eigenvalue weighted by Crippen LogP contribution is -2.08. The summed E-state index contributed by atoms with van der Waals surface area (Å²) in [6, 6.07) is 4.06. The van der Waals surface area contributed by atoms with Gasteiger partial charge >= 0.3 is 0 Å². The molecule has 0 aliphatic heterocycles. The highest BCUT2D eigenvalue weighted by atomic mass is 32.1. The molecule has 4 rings (SSSR count). The summed E-state index contributed by atoms with van der Waals surface area (Å²) in [6.45, 7) is 0. The average molecular weight is 317 g/mol. The van der Waals surface area contributed by atoms with Crippen LogP contribution in [-0.2, 0) is 12.8 Å². The van der Waals surface area contributed by atoms with Crippen molar-refractivity contribution in [3.8, 4) is 0 Å². The Morgan fingerprint density at radius 1 is 1.33 bits per heavy atom. The zero-order valence-corrected chi connectivity index (χ0v) is 12.5. The largest absolute Gasteiger partial charge is 0.365 e. The third-order valence-corrected chi connectivity index (χ3v) is 5.95. The van der Waals surface area contributed by atoms with E-state index in [0.717, 1.165) is 23.3 Å². The Balaban J connectivity index is 1.94. The molecule has 0 fully saturated rings. The fraction of sp³-hybridized carbons (Fsp3) is 0.231. The van der Waals surface area contributed by atoms with Crippen LogP contribution >= 0.6 is 22.7 Å². The molecule has 6 nitrogen and oxygen atoms in total. The molecular weight excluding hydrogens is 306 g/mol. The van der Waals surface area contributed by atoms with Gasteiger partial charge in [0.15, 0.2) is 5.82 Å². The van der Waals surface area contributed by atoms with Crippen molar-refractivity contribution in [3.05, 3.63) is 49.1 Å². The Morgan fingerprint density at radius 3 is 2.95 bits per heavy atom. The number of rotatable bonds is 2. The minimum absolute atomic E-state index is 0.0608. The van der Waals surface area contributed by atoms with E-state index in [2.05, 4.69) is 32.1 Å². The monoisotopic (exact) mass is 317 g/mol. The molecule has 1 atom stereocenters. The second-order valence-corrected chi connectivity index (χ2v) is 6.91. The molecule has 1 unspecified atom stereocenters. The molecule has 3 aromatic heterocycles. The SMILES string of the molecule is NC(=O)c1cc2c(s1)C(c1nn[nH]n1)c1sccc1CC2. The highest BCUT2D eigenvalue weighted by Crippen LogP contribution is 2.43. The smallest absolute Gasteiger partial charge is 0.258 e. The van der Waals surface area contributed by atoms with E-state index in [0.29, 0.717) is 10.7 Å². The maximum absolute atomic E-state index is 11.5. The number of thiophene rings is 2. The van der Waals surface area contributed by atoms with Gasteiger partial charge in [0.2, 0.25) is 0 Å². The van der Waals surface area contributed by atoms with Gasteiger partial charge in [0, 0.05) is 9.75 Å². The molecule has 1 aliphatic rings. The van der Waals surface area contributed by atoms with Crippen LogP contribution in [0.2, 0.25) is 0 Å². The molecule has 3 N–H and O–H groups in total. The predicted molar refractivity (Wildman–Crippen MR) is 79.7 cm³/mol. The van der Waals surface area contributed by atoms with E-state index in [4.69, 9.17) is 5.73 Å². The van der Waals surface area contributed by atoms with Gasteiger partial charge < -0.3 is 5.73 Å². The molecule has 0 aromatic carbocycles. The van der Waals surface area contributed by atoms with Crippen LogP contribution in [0.5, 0.6) is 0 Å². The number of nitrogens with zero attached hydrogens (tertiary/aromatic N) is 3. The van der Waals surface area contributed by atoms with Gasteiger partial charge in [0.25, 0.3) is 5.91 Å². The quantitative estimate of drug-likeness (QED) is 0.751. The first-order valence-electron chi connectivity index (χ1n) is 6.46. The second-order valence-electron chi connectivity index (χ2n) is 4.88. The van der Waals surface area contributed by atoms with Crippen LogP contribution < -0.4 is 5.73 Å². The van der Waals surface area contributed by atoms with E-state index >= 15 is 0 Å². The van der Waals surface area contributed by atoms with Crippen molar-refractivity contribution < 1.29 is 4.79 Å². The van der Waals surface area contributed by atoms with Crippen LogP contribution in [0.15, 0.2) is 17.5 Å². The van der Waals surface area contributed by atoms with Crippen LogP contribution in [0.4, 0.5) is 0 Å². The zero-order chi connectivity index (χ0) is 14.4. The Bertz CT molecular complexity index is 805. The van der Waals surface area contributed by atoms with Crippen molar-refractivity contribution in [1.82, 2.24) is 20.6 Å². The number of aromatic amines is 1. The van der Waals surface area contributed by atoms with Gasteiger partial charge in [-0.25, -0.2) is 0 Å². The molecule has 3 aromatic rings.